The molecule has 3 heterocycles. The number of amides is 1. The summed E-state index contributed by atoms with van der Waals surface area (Å²) in [5, 5.41) is 18.9. The lowest BCUT2D eigenvalue weighted by atomic mass is 9.71. The second kappa shape index (κ2) is 13.5. The minimum absolute atomic E-state index is 0.171. The van der Waals surface area contributed by atoms with Crippen molar-refractivity contribution < 1.29 is 38.4 Å². The second-order valence-electron chi connectivity index (χ2n) is 13.7. The number of aliphatic hydroxyl groups excluding tert-OH is 1. The van der Waals surface area contributed by atoms with Crippen molar-refractivity contribution in [1.29, 1.82) is 0 Å². The molecule has 4 rings (SSSR count). The van der Waals surface area contributed by atoms with Crippen molar-refractivity contribution in [2.24, 2.45) is 16.7 Å². The van der Waals surface area contributed by atoms with Crippen LogP contribution in [0.1, 0.15) is 99.1 Å². The van der Waals surface area contributed by atoms with E-state index in [1.807, 2.05) is 20.8 Å². The van der Waals surface area contributed by atoms with Crippen LogP contribution in [0.15, 0.2) is 18.5 Å². The summed E-state index contributed by atoms with van der Waals surface area (Å²) >= 11 is 0. The third-order valence-electron chi connectivity index (χ3n) is 8.93. The van der Waals surface area contributed by atoms with E-state index in [1.54, 1.807) is 44.3 Å². The summed E-state index contributed by atoms with van der Waals surface area (Å²) in [6, 6.07) is 3.47. The molecule has 0 bridgehead atoms. The standard InChI is InChI=1S/C32H48N4O8/c1-8-12-24(37)35-27-21-15-16-23(36(21)34-18-33-27)32(7)26(38)25(42-19-43-28(39)30(2,3)4)22(44-32)17-41-29(40)31(5,6)20-13-10-9-11-14-20/h15-16,18,20,22,25-26,38H,8-14,17,19H2,1-7H3,(H,33,34,35,37)/t22-,25-,26-,32+/m1/s1. The van der Waals surface area contributed by atoms with Crippen LogP contribution in [0.2, 0.25) is 0 Å². The van der Waals surface area contributed by atoms with Gasteiger partial charge in [-0.1, -0.05) is 26.2 Å². The van der Waals surface area contributed by atoms with Gasteiger partial charge in [-0.15, -0.1) is 0 Å². The van der Waals surface area contributed by atoms with Crippen molar-refractivity contribution in [1.82, 2.24) is 14.6 Å². The van der Waals surface area contributed by atoms with E-state index in [4.69, 9.17) is 18.9 Å². The summed E-state index contributed by atoms with van der Waals surface area (Å²) in [6.07, 6.45) is 4.53. The SMILES string of the molecule is CCCC(=O)Nc1ncnn2c([C@]3(C)O[C@H](COC(=O)C(C)(C)C4CCCCC4)[C@@H](OCOC(=O)C(C)(C)C)[C@H]3O)ccc12. The van der Waals surface area contributed by atoms with Crippen molar-refractivity contribution in [3.63, 3.8) is 0 Å². The van der Waals surface area contributed by atoms with Crippen LogP contribution in [0.5, 0.6) is 0 Å². The van der Waals surface area contributed by atoms with E-state index in [0.717, 1.165) is 25.7 Å². The Morgan fingerprint density at radius 3 is 2.45 bits per heavy atom. The van der Waals surface area contributed by atoms with E-state index < -0.39 is 47.5 Å². The highest BCUT2D eigenvalue weighted by atomic mass is 16.7. The summed E-state index contributed by atoms with van der Waals surface area (Å²) in [5.74, 6) is -0.402. The molecule has 1 amide bonds. The van der Waals surface area contributed by atoms with E-state index >= 15 is 0 Å². The van der Waals surface area contributed by atoms with Crippen molar-refractivity contribution >= 4 is 29.2 Å². The molecule has 2 aromatic heterocycles. The molecule has 0 spiro atoms. The first-order chi connectivity index (χ1) is 20.7. The second-order valence-corrected chi connectivity index (χ2v) is 13.7. The van der Waals surface area contributed by atoms with Gasteiger partial charge in [0.2, 0.25) is 5.91 Å². The number of esters is 2. The first-order valence-corrected chi connectivity index (χ1v) is 15.6. The van der Waals surface area contributed by atoms with Gasteiger partial charge in [0.05, 0.1) is 16.5 Å². The molecule has 4 atom stereocenters. The zero-order valence-electron chi connectivity index (χ0n) is 27.1. The van der Waals surface area contributed by atoms with E-state index in [0.29, 0.717) is 29.9 Å². The quantitative estimate of drug-likeness (QED) is 0.272. The van der Waals surface area contributed by atoms with Gasteiger partial charge in [0, 0.05) is 6.42 Å². The van der Waals surface area contributed by atoms with Crippen LogP contribution in [0.3, 0.4) is 0 Å². The number of ether oxygens (including phenoxy) is 4. The average Bonchev–Trinajstić information content (AvgIpc) is 3.52. The number of hydrogen-bond acceptors (Lipinski definition) is 10. The van der Waals surface area contributed by atoms with Gasteiger partial charge < -0.3 is 29.4 Å². The maximum atomic E-state index is 13.4. The number of anilines is 1. The lowest BCUT2D eigenvalue weighted by Gasteiger charge is -2.35. The van der Waals surface area contributed by atoms with Crippen molar-refractivity contribution in [2.75, 3.05) is 18.7 Å². The summed E-state index contributed by atoms with van der Waals surface area (Å²) in [5.41, 5.74) is -1.79. The predicted octanol–water partition coefficient (Wildman–Crippen LogP) is 4.52. The van der Waals surface area contributed by atoms with Gasteiger partial charge in [-0.3, -0.25) is 14.4 Å². The number of nitrogens with one attached hydrogen (secondary N) is 1. The van der Waals surface area contributed by atoms with E-state index in [2.05, 4.69) is 15.4 Å². The van der Waals surface area contributed by atoms with Gasteiger partial charge in [0.25, 0.3) is 0 Å². The Hall–Kier alpha value is -3.09. The molecule has 12 heteroatoms. The van der Waals surface area contributed by atoms with Crippen LogP contribution in [0, 0.1) is 16.7 Å². The highest BCUT2D eigenvalue weighted by Gasteiger charge is 2.55. The Morgan fingerprint density at radius 1 is 1.09 bits per heavy atom. The van der Waals surface area contributed by atoms with E-state index in [9.17, 15) is 19.5 Å². The number of fused-ring (bicyclic) bond motifs is 1. The maximum absolute atomic E-state index is 13.4. The van der Waals surface area contributed by atoms with Crippen LogP contribution in [0.4, 0.5) is 5.82 Å². The van der Waals surface area contributed by atoms with Gasteiger partial charge in [0.1, 0.15) is 42.4 Å². The number of hydrogen-bond donors (Lipinski definition) is 2. The smallest absolute Gasteiger partial charge is 0.313 e. The number of nitrogens with zero attached hydrogens (tertiary/aromatic N) is 3. The van der Waals surface area contributed by atoms with Gasteiger partial charge in [-0.2, -0.15) is 5.10 Å². The van der Waals surface area contributed by atoms with E-state index in [1.165, 1.54) is 12.7 Å². The number of carbonyl (C=O) groups excluding carboxylic acids is 3. The summed E-state index contributed by atoms with van der Waals surface area (Å²) in [6.45, 7) is 12.1. The Kier molecular flexibility index (Phi) is 10.4. The Labute approximate surface area is 259 Å². The van der Waals surface area contributed by atoms with Crippen LogP contribution in [-0.2, 0) is 38.9 Å². The van der Waals surface area contributed by atoms with Crippen molar-refractivity contribution in [3.05, 3.63) is 24.2 Å². The fourth-order valence-corrected chi connectivity index (χ4v) is 6.05. The topological polar surface area (TPSA) is 151 Å². The maximum Gasteiger partial charge on any atom is 0.313 e. The average molecular weight is 617 g/mol. The normalized spacial score (nSPS) is 24.8. The monoisotopic (exact) mass is 616 g/mol. The highest BCUT2D eigenvalue weighted by Crippen LogP contribution is 2.43. The third-order valence-corrected chi connectivity index (χ3v) is 8.93. The third kappa shape index (κ3) is 7.07. The van der Waals surface area contributed by atoms with Crippen LogP contribution in [-0.4, -0.2) is 69.3 Å². The number of carbonyl (C=O) groups is 3. The molecule has 1 aliphatic heterocycles. The molecule has 2 fully saturated rings. The van der Waals surface area contributed by atoms with Crippen LogP contribution in [0.25, 0.3) is 5.52 Å². The summed E-state index contributed by atoms with van der Waals surface area (Å²) in [7, 11) is 0. The molecular formula is C32H48N4O8. The first-order valence-electron chi connectivity index (χ1n) is 15.6. The van der Waals surface area contributed by atoms with Crippen molar-refractivity contribution in [3.8, 4) is 0 Å². The fourth-order valence-electron chi connectivity index (χ4n) is 6.05. The Bertz CT molecular complexity index is 1330. The fraction of sp³-hybridized carbons (Fsp3) is 0.719. The van der Waals surface area contributed by atoms with Crippen LogP contribution < -0.4 is 5.32 Å². The molecule has 1 aliphatic carbocycles. The summed E-state index contributed by atoms with van der Waals surface area (Å²) in [4.78, 5) is 42.2. The lowest BCUT2D eigenvalue weighted by Crippen LogP contribution is -2.42. The molecule has 1 saturated heterocycles. The molecule has 1 saturated carbocycles. The Balaban J connectivity index is 1.58. The van der Waals surface area contributed by atoms with Crippen LogP contribution >= 0.6 is 0 Å². The largest absolute Gasteiger partial charge is 0.462 e. The van der Waals surface area contributed by atoms with E-state index in [-0.39, 0.29) is 24.4 Å². The van der Waals surface area contributed by atoms with Gasteiger partial charge >= 0.3 is 11.9 Å². The van der Waals surface area contributed by atoms with Gasteiger partial charge in [-0.25, -0.2) is 9.50 Å². The number of rotatable bonds is 11. The zero-order chi connectivity index (χ0) is 32.3. The predicted molar refractivity (Wildman–Crippen MR) is 161 cm³/mol. The molecule has 2 aromatic rings. The molecule has 2 aliphatic rings. The van der Waals surface area contributed by atoms with Gasteiger partial charge in [0.15, 0.2) is 12.6 Å². The molecular weight excluding hydrogens is 568 g/mol. The lowest BCUT2D eigenvalue weighted by molar-refractivity contribution is -0.179. The summed E-state index contributed by atoms with van der Waals surface area (Å²) < 4.78 is 25.1. The first kappa shape index (κ1) is 33.8. The molecule has 12 nitrogen and oxygen atoms in total. The molecule has 244 valence electrons. The minimum atomic E-state index is -1.37. The molecule has 0 radical (unpaired) electrons. The minimum Gasteiger partial charge on any atom is -0.462 e. The molecule has 44 heavy (non-hydrogen) atoms. The molecule has 0 aromatic carbocycles. The number of aromatic nitrogens is 3. The Morgan fingerprint density at radius 2 is 1.80 bits per heavy atom. The molecule has 0 unspecified atom stereocenters. The number of aliphatic hydroxyl groups is 1. The molecule has 2 N–H and O–H groups in total. The zero-order valence-corrected chi connectivity index (χ0v) is 27.1. The van der Waals surface area contributed by atoms with Crippen molar-refractivity contribution in [2.45, 2.75) is 117 Å². The highest BCUT2D eigenvalue weighted by molar-refractivity contribution is 5.93. The van der Waals surface area contributed by atoms with Gasteiger partial charge in [-0.05, 0) is 78.9 Å².